The van der Waals surface area contributed by atoms with Crippen molar-refractivity contribution in [3.05, 3.63) is 24.0 Å². The molecule has 4 nitrogen and oxygen atoms in total. The van der Waals surface area contributed by atoms with Crippen LogP contribution in [0.4, 0.5) is 0 Å². The maximum Gasteiger partial charge on any atom is 0.137 e. The van der Waals surface area contributed by atoms with Crippen molar-refractivity contribution >= 4 is 0 Å². The van der Waals surface area contributed by atoms with E-state index in [-0.39, 0.29) is 0 Å². The van der Waals surface area contributed by atoms with Gasteiger partial charge in [-0.1, -0.05) is 13.3 Å². The molecule has 0 aliphatic carbocycles. The minimum atomic E-state index is 0.327. The highest BCUT2D eigenvalue weighted by molar-refractivity contribution is 5.21. The van der Waals surface area contributed by atoms with Crippen LogP contribution in [0.25, 0.3) is 0 Å². The molecule has 0 radical (unpaired) electrons. The molecule has 1 aromatic heterocycles. The first-order valence-corrected chi connectivity index (χ1v) is 7.70. The number of hydrogen-bond acceptors (Lipinski definition) is 4. The Kier molecular flexibility index (Phi) is 5.80. The monoisotopic (exact) mass is 277 g/mol. The molecule has 2 rings (SSSR count). The number of likely N-dealkylation sites (N-methyl/N-ethyl adjacent to an activating group) is 1. The van der Waals surface area contributed by atoms with Crippen molar-refractivity contribution in [1.29, 1.82) is 0 Å². The Bertz CT molecular complexity index is 389. The predicted octanol–water partition coefficient (Wildman–Crippen LogP) is 2.62. The van der Waals surface area contributed by atoms with Crippen molar-refractivity contribution in [2.45, 2.75) is 44.7 Å². The average Bonchev–Trinajstić information content (AvgIpc) is 2.49. The fourth-order valence-corrected chi connectivity index (χ4v) is 2.79. The van der Waals surface area contributed by atoms with E-state index in [1.165, 1.54) is 25.8 Å². The number of nitrogens with one attached hydrogen (secondary N) is 1. The highest BCUT2D eigenvalue weighted by Gasteiger charge is 2.19. The van der Waals surface area contributed by atoms with E-state index >= 15 is 0 Å². The number of ether oxygens (including phenoxy) is 1. The van der Waals surface area contributed by atoms with Crippen molar-refractivity contribution < 1.29 is 4.74 Å². The number of aromatic nitrogens is 1. The molecule has 2 atom stereocenters. The second-order valence-corrected chi connectivity index (χ2v) is 5.61. The van der Waals surface area contributed by atoms with E-state index in [1.54, 1.807) is 0 Å². The van der Waals surface area contributed by atoms with Gasteiger partial charge in [-0.15, -0.1) is 0 Å². The molecule has 112 valence electrons. The van der Waals surface area contributed by atoms with Gasteiger partial charge in [0, 0.05) is 12.1 Å². The van der Waals surface area contributed by atoms with Gasteiger partial charge < -0.3 is 15.0 Å². The quantitative estimate of drug-likeness (QED) is 0.867. The maximum atomic E-state index is 5.89. The van der Waals surface area contributed by atoms with Crippen LogP contribution in [-0.4, -0.2) is 43.2 Å². The first-order chi connectivity index (χ1) is 9.74. The van der Waals surface area contributed by atoms with Crippen LogP contribution in [0.2, 0.25) is 0 Å². The van der Waals surface area contributed by atoms with Crippen LogP contribution in [0.15, 0.2) is 18.3 Å². The second-order valence-electron chi connectivity index (χ2n) is 5.61. The van der Waals surface area contributed by atoms with Crippen molar-refractivity contribution in [3.63, 3.8) is 0 Å². The molecule has 1 aliphatic rings. The molecule has 0 bridgehead atoms. The van der Waals surface area contributed by atoms with Gasteiger partial charge in [0.1, 0.15) is 12.4 Å². The maximum absolute atomic E-state index is 5.89. The highest BCUT2D eigenvalue weighted by Crippen LogP contribution is 2.19. The van der Waals surface area contributed by atoms with Crippen molar-refractivity contribution in [1.82, 2.24) is 15.2 Å². The minimum absolute atomic E-state index is 0.327. The fraction of sp³-hybridized carbons (Fsp3) is 0.688. The van der Waals surface area contributed by atoms with Crippen LogP contribution >= 0.6 is 0 Å². The van der Waals surface area contributed by atoms with E-state index in [1.807, 2.05) is 19.3 Å². The first-order valence-electron chi connectivity index (χ1n) is 7.70. The molecule has 2 unspecified atom stereocenters. The predicted molar refractivity (Wildman–Crippen MR) is 82.1 cm³/mol. The molecule has 0 amide bonds. The van der Waals surface area contributed by atoms with E-state index in [4.69, 9.17) is 4.74 Å². The summed E-state index contributed by atoms with van der Waals surface area (Å²) in [6.45, 7) is 4.11. The van der Waals surface area contributed by atoms with Gasteiger partial charge >= 0.3 is 0 Å². The van der Waals surface area contributed by atoms with Gasteiger partial charge in [0.25, 0.3) is 0 Å². The molecule has 1 saturated heterocycles. The van der Waals surface area contributed by atoms with Crippen molar-refractivity contribution in [2.24, 2.45) is 0 Å². The first kappa shape index (κ1) is 15.3. The third kappa shape index (κ3) is 3.93. The number of rotatable bonds is 6. The lowest BCUT2D eigenvalue weighted by Crippen LogP contribution is -2.40. The Morgan fingerprint density at radius 3 is 2.90 bits per heavy atom. The van der Waals surface area contributed by atoms with Crippen LogP contribution in [0, 0.1) is 0 Å². The Balaban J connectivity index is 1.87. The molecular formula is C16H27N3O. The summed E-state index contributed by atoms with van der Waals surface area (Å²) in [7, 11) is 4.16. The summed E-state index contributed by atoms with van der Waals surface area (Å²) in [4.78, 5) is 6.90. The van der Waals surface area contributed by atoms with Gasteiger partial charge in [0.15, 0.2) is 0 Å². The molecule has 0 aromatic carbocycles. The summed E-state index contributed by atoms with van der Waals surface area (Å²) in [6.07, 6.45) is 6.75. The highest BCUT2D eigenvalue weighted by atomic mass is 16.5. The number of nitrogens with zero attached hydrogens (tertiary/aromatic N) is 2. The summed E-state index contributed by atoms with van der Waals surface area (Å²) in [5.74, 6) is 0.874. The van der Waals surface area contributed by atoms with Crippen molar-refractivity contribution in [2.75, 3.05) is 27.2 Å². The lowest BCUT2D eigenvalue weighted by atomic mass is 10.0. The largest absolute Gasteiger partial charge is 0.490 e. The second kappa shape index (κ2) is 7.60. The minimum Gasteiger partial charge on any atom is -0.490 e. The molecule has 1 aromatic rings. The Labute approximate surface area is 122 Å². The Morgan fingerprint density at radius 1 is 1.45 bits per heavy atom. The zero-order valence-corrected chi connectivity index (χ0v) is 12.9. The van der Waals surface area contributed by atoms with Gasteiger partial charge in [-0.2, -0.15) is 0 Å². The lowest BCUT2D eigenvalue weighted by molar-refractivity contribution is 0.125. The zero-order chi connectivity index (χ0) is 14.4. The topological polar surface area (TPSA) is 37.4 Å². The molecule has 20 heavy (non-hydrogen) atoms. The number of hydrogen-bond donors (Lipinski definition) is 1. The fourth-order valence-electron chi connectivity index (χ4n) is 2.79. The number of likely N-dealkylation sites (tertiary alicyclic amines) is 1. The Hall–Kier alpha value is -1.13. The standard InChI is InChI=1S/C16H27N3O/c1-4-15(17-2)16-9-8-14(11-18-16)20-12-13-7-5-6-10-19(13)3/h8-9,11,13,15,17H,4-7,10,12H2,1-3H3. The van der Waals surface area contributed by atoms with Crippen LogP contribution in [0.5, 0.6) is 5.75 Å². The number of piperidine rings is 1. The van der Waals surface area contributed by atoms with Crippen LogP contribution < -0.4 is 10.1 Å². The summed E-state index contributed by atoms with van der Waals surface area (Å²) in [5.41, 5.74) is 1.08. The van der Waals surface area contributed by atoms with Crippen LogP contribution in [-0.2, 0) is 0 Å². The lowest BCUT2D eigenvalue weighted by Gasteiger charge is -2.32. The average molecular weight is 277 g/mol. The molecule has 0 spiro atoms. The molecule has 1 N–H and O–H groups in total. The van der Waals surface area contributed by atoms with Crippen LogP contribution in [0.3, 0.4) is 0 Å². The molecule has 0 saturated carbocycles. The molecular weight excluding hydrogens is 250 g/mol. The molecule has 4 heteroatoms. The Morgan fingerprint density at radius 2 is 2.30 bits per heavy atom. The van der Waals surface area contributed by atoms with E-state index in [0.717, 1.165) is 24.5 Å². The third-order valence-corrected chi connectivity index (χ3v) is 4.24. The SMILES string of the molecule is CCC(NC)c1ccc(OCC2CCCCN2C)cn1. The number of pyridine rings is 1. The molecule has 2 heterocycles. The summed E-state index contributed by atoms with van der Waals surface area (Å²) in [5, 5.41) is 3.27. The molecule has 1 fully saturated rings. The van der Waals surface area contributed by atoms with E-state index in [0.29, 0.717) is 12.1 Å². The molecule has 1 aliphatic heterocycles. The third-order valence-electron chi connectivity index (χ3n) is 4.24. The summed E-state index contributed by atoms with van der Waals surface area (Å²) < 4.78 is 5.89. The summed E-state index contributed by atoms with van der Waals surface area (Å²) in [6, 6.07) is 4.97. The van der Waals surface area contributed by atoms with Crippen molar-refractivity contribution in [3.8, 4) is 5.75 Å². The van der Waals surface area contributed by atoms with Gasteiger partial charge in [0.2, 0.25) is 0 Å². The van der Waals surface area contributed by atoms with Crippen LogP contribution in [0.1, 0.15) is 44.3 Å². The zero-order valence-electron chi connectivity index (χ0n) is 12.9. The van der Waals surface area contributed by atoms with Gasteiger partial charge in [-0.3, -0.25) is 4.98 Å². The van der Waals surface area contributed by atoms with Gasteiger partial charge in [-0.05, 0) is 52.0 Å². The van der Waals surface area contributed by atoms with E-state index in [2.05, 4.69) is 35.2 Å². The van der Waals surface area contributed by atoms with E-state index < -0.39 is 0 Å². The normalized spacial score (nSPS) is 21.6. The summed E-state index contributed by atoms with van der Waals surface area (Å²) >= 11 is 0. The van der Waals surface area contributed by atoms with Gasteiger partial charge in [-0.25, -0.2) is 0 Å². The van der Waals surface area contributed by atoms with Gasteiger partial charge in [0.05, 0.1) is 11.9 Å². The van der Waals surface area contributed by atoms with E-state index in [9.17, 15) is 0 Å². The smallest absolute Gasteiger partial charge is 0.137 e.